The van der Waals surface area contributed by atoms with Crippen molar-refractivity contribution in [1.29, 1.82) is 0 Å². The van der Waals surface area contributed by atoms with Gasteiger partial charge in [0.25, 0.3) is 0 Å². The predicted molar refractivity (Wildman–Crippen MR) is 126 cm³/mol. The predicted octanol–water partition coefficient (Wildman–Crippen LogP) is 5.80. The topological polar surface area (TPSA) is 40.6 Å². The van der Waals surface area contributed by atoms with Gasteiger partial charge in [0.05, 0.1) is 0 Å². The number of hydrogen-bond acceptors (Lipinski definition) is 2. The van der Waals surface area contributed by atoms with Crippen molar-refractivity contribution >= 4 is 11.8 Å². The van der Waals surface area contributed by atoms with Gasteiger partial charge in [-0.2, -0.15) is 0 Å². The van der Waals surface area contributed by atoms with Crippen molar-refractivity contribution in [3.8, 4) is 0 Å². The normalized spacial score (nSPS) is 21.9. The van der Waals surface area contributed by atoms with Crippen LogP contribution in [0, 0.1) is 11.8 Å². The van der Waals surface area contributed by atoms with Gasteiger partial charge in [0.1, 0.15) is 0 Å². The molecule has 2 fully saturated rings. The van der Waals surface area contributed by atoms with E-state index in [9.17, 15) is 9.59 Å². The molecule has 1 saturated heterocycles. The molecule has 3 unspecified atom stereocenters. The summed E-state index contributed by atoms with van der Waals surface area (Å²) >= 11 is 0. The molecule has 0 spiro atoms. The second kappa shape index (κ2) is 12.3. The van der Waals surface area contributed by atoms with Crippen LogP contribution in [-0.2, 0) is 16.1 Å². The molecule has 4 heteroatoms. The molecule has 3 rings (SSSR count). The average molecular weight is 427 g/mol. The molecular weight excluding hydrogens is 384 g/mol. The van der Waals surface area contributed by atoms with Gasteiger partial charge < -0.3 is 9.80 Å². The number of carbonyl (C=O) groups excluding carboxylic acids is 2. The fourth-order valence-corrected chi connectivity index (χ4v) is 5.30. The lowest BCUT2D eigenvalue weighted by Gasteiger charge is -2.44. The Labute approximate surface area is 189 Å². The van der Waals surface area contributed by atoms with Gasteiger partial charge in [-0.05, 0) is 55.9 Å². The number of nitrogens with zero attached hydrogens (tertiary/aromatic N) is 2. The molecule has 0 N–H and O–H groups in total. The summed E-state index contributed by atoms with van der Waals surface area (Å²) in [6.07, 6.45) is 11.3. The third-order valence-electron chi connectivity index (χ3n) is 7.50. The maximum atomic E-state index is 13.0. The Kier molecular flexibility index (Phi) is 9.42. The Hall–Kier alpha value is -1.84. The van der Waals surface area contributed by atoms with Crippen LogP contribution in [0.4, 0.5) is 0 Å². The van der Waals surface area contributed by atoms with Gasteiger partial charge in [0.15, 0.2) is 0 Å². The molecule has 31 heavy (non-hydrogen) atoms. The summed E-state index contributed by atoms with van der Waals surface area (Å²) < 4.78 is 0. The highest BCUT2D eigenvalue weighted by molar-refractivity contribution is 5.79. The summed E-state index contributed by atoms with van der Waals surface area (Å²) in [4.78, 5) is 30.2. The van der Waals surface area contributed by atoms with E-state index in [4.69, 9.17) is 0 Å². The van der Waals surface area contributed by atoms with E-state index in [2.05, 4.69) is 30.9 Å². The van der Waals surface area contributed by atoms with Crippen molar-refractivity contribution in [3.63, 3.8) is 0 Å². The van der Waals surface area contributed by atoms with E-state index in [-0.39, 0.29) is 11.8 Å². The summed E-state index contributed by atoms with van der Waals surface area (Å²) in [7, 11) is 0. The molecule has 1 heterocycles. The molecule has 4 nitrogen and oxygen atoms in total. The number of likely N-dealkylation sites (tertiary alicyclic amines) is 1. The summed E-state index contributed by atoms with van der Waals surface area (Å²) in [5.41, 5.74) is 1.17. The zero-order chi connectivity index (χ0) is 22.1. The van der Waals surface area contributed by atoms with Crippen molar-refractivity contribution in [1.82, 2.24) is 9.80 Å². The van der Waals surface area contributed by atoms with Crippen LogP contribution in [0.25, 0.3) is 0 Å². The van der Waals surface area contributed by atoms with Crippen LogP contribution in [0.1, 0.15) is 90.0 Å². The minimum atomic E-state index is 0.189. The summed E-state index contributed by atoms with van der Waals surface area (Å²) in [5, 5.41) is 0. The molecule has 1 aliphatic heterocycles. The summed E-state index contributed by atoms with van der Waals surface area (Å²) in [5.74, 6) is 1.80. The molecule has 1 saturated carbocycles. The van der Waals surface area contributed by atoms with Crippen LogP contribution in [0.5, 0.6) is 0 Å². The Morgan fingerprint density at radius 3 is 2.58 bits per heavy atom. The van der Waals surface area contributed by atoms with Crippen molar-refractivity contribution in [2.24, 2.45) is 11.8 Å². The van der Waals surface area contributed by atoms with Crippen LogP contribution in [0.15, 0.2) is 30.3 Å². The van der Waals surface area contributed by atoms with E-state index in [0.717, 1.165) is 38.3 Å². The standard InChI is InChI=1S/C27H42N2O2/c1-3-22(2)18-20-28(21-23-11-5-4-6-12-23)26(30)16-9-17-27(31)29-19-10-14-24-13-7-8-15-25(24)29/h4-6,11-12,22,24-25H,3,7-10,13-21H2,1-2H3. The lowest BCUT2D eigenvalue weighted by atomic mass is 9.78. The second-order valence-corrected chi connectivity index (χ2v) is 9.80. The Bertz CT molecular complexity index is 688. The molecular formula is C27H42N2O2. The van der Waals surface area contributed by atoms with Crippen molar-refractivity contribution in [2.45, 2.75) is 97.1 Å². The Balaban J connectivity index is 1.50. The highest BCUT2D eigenvalue weighted by atomic mass is 16.2. The van der Waals surface area contributed by atoms with E-state index in [1.807, 2.05) is 23.1 Å². The zero-order valence-corrected chi connectivity index (χ0v) is 19.7. The number of benzene rings is 1. The highest BCUT2D eigenvalue weighted by Gasteiger charge is 2.35. The fraction of sp³-hybridized carbons (Fsp3) is 0.704. The Morgan fingerprint density at radius 1 is 1.06 bits per heavy atom. The van der Waals surface area contributed by atoms with Gasteiger partial charge >= 0.3 is 0 Å². The smallest absolute Gasteiger partial charge is 0.222 e. The molecule has 2 amide bonds. The van der Waals surface area contributed by atoms with Crippen LogP contribution >= 0.6 is 0 Å². The first kappa shape index (κ1) is 23.8. The van der Waals surface area contributed by atoms with Gasteiger partial charge in [0, 0.05) is 38.5 Å². The SMILES string of the molecule is CCC(C)CCN(Cc1ccccc1)C(=O)CCCC(=O)N1CCCC2CCCCC21. The lowest BCUT2D eigenvalue weighted by Crippen LogP contribution is -2.49. The summed E-state index contributed by atoms with van der Waals surface area (Å²) in [6, 6.07) is 10.7. The molecule has 172 valence electrons. The van der Waals surface area contributed by atoms with Gasteiger partial charge in [-0.1, -0.05) is 63.4 Å². The number of rotatable bonds is 10. The average Bonchev–Trinajstić information content (AvgIpc) is 2.81. The minimum absolute atomic E-state index is 0.189. The van der Waals surface area contributed by atoms with E-state index >= 15 is 0 Å². The quantitative estimate of drug-likeness (QED) is 0.474. The molecule has 0 radical (unpaired) electrons. The number of carbonyl (C=O) groups is 2. The van der Waals surface area contributed by atoms with Gasteiger partial charge in [0.2, 0.25) is 11.8 Å². The largest absolute Gasteiger partial charge is 0.339 e. The maximum Gasteiger partial charge on any atom is 0.222 e. The molecule has 1 aromatic carbocycles. The van der Waals surface area contributed by atoms with Crippen LogP contribution in [0.3, 0.4) is 0 Å². The van der Waals surface area contributed by atoms with E-state index in [0.29, 0.717) is 37.8 Å². The number of hydrogen-bond donors (Lipinski definition) is 0. The van der Waals surface area contributed by atoms with Crippen LogP contribution in [0.2, 0.25) is 0 Å². The maximum absolute atomic E-state index is 13.0. The van der Waals surface area contributed by atoms with Gasteiger partial charge in [-0.3, -0.25) is 9.59 Å². The van der Waals surface area contributed by atoms with Crippen LogP contribution < -0.4 is 0 Å². The Morgan fingerprint density at radius 2 is 1.81 bits per heavy atom. The first-order chi connectivity index (χ1) is 15.1. The molecule has 1 aliphatic carbocycles. The fourth-order valence-electron chi connectivity index (χ4n) is 5.30. The van der Waals surface area contributed by atoms with Crippen molar-refractivity contribution in [2.75, 3.05) is 13.1 Å². The number of fused-ring (bicyclic) bond motifs is 1. The molecule has 0 bridgehead atoms. The first-order valence-electron chi connectivity index (χ1n) is 12.7. The van der Waals surface area contributed by atoms with E-state index in [1.165, 1.54) is 37.7 Å². The highest BCUT2D eigenvalue weighted by Crippen LogP contribution is 2.35. The van der Waals surface area contributed by atoms with Crippen molar-refractivity contribution < 1.29 is 9.59 Å². The molecule has 3 atom stereocenters. The third-order valence-corrected chi connectivity index (χ3v) is 7.50. The van der Waals surface area contributed by atoms with Crippen LogP contribution in [-0.4, -0.2) is 40.7 Å². The minimum Gasteiger partial charge on any atom is -0.339 e. The first-order valence-corrected chi connectivity index (χ1v) is 12.7. The zero-order valence-electron chi connectivity index (χ0n) is 19.7. The van der Waals surface area contributed by atoms with Gasteiger partial charge in [-0.15, -0.1) is 0 Å². The number of piperidine rings is 1. The lowest BCUT2D eigenvalue weighted by molar-refractivity contribution is -0.138. The summed E-state index contributed by atoms with van der Waals surface area (Å²) in [6.45, 7) is 6.84. The third kappa shape index (κ3) is 7.08. The number of amides is 2. The van der Waals surface area contributed by atoms with E-state index < -0.39 is 0 Å². The van der Waals surface area contributed by atoms with Crippen molar-refractivity contribution in [3.05, 3.63) is 35.9 Å². The second-order valence-electron chi connectivity index (χ2n) is 9.80. The van der Waals surface area contributed by atoms with Gasteiger partial charge in [-0.25, -0.2) is 0 Å². The molecule has 0 aromatic heterocycles. The molecule has 2 aliphatic rings. The van der Waals surface area contributed by atoms with E-state index in [1.54, 1.807) is 0 Å². The monoisotopic (exact) mass is 426 g/mol. The molecule has 1 aromatic rings.